The number of carbonyl (C=O) groups is 3. The monoisotopic (exact) mass is 299 g/mol. The number of methoxy groups -OCH3 is 1. The molecule has 0 bridgehead atoms. The number of nitrogens with zero attached hydrogens (tertiary/aromatic N) is 1. The van der Waals surface area contributed by atoms with Gasteiger partial charge in [-0.25, -0.2) is 0 Å². The van der Waals surface area contributed by atoms with Gasteiger partial charge in [-0.05, 0) is 25.2 Å². The lowest BCUT2D eigenvalue weighted by Gasteiger charge is -2.26. The van der Waals surface area contributed by atoms with Crippen LogP contribution in [0.5, 0.6) is 0 Å². The predicted molar refractivity (Wildman–Crippen MR) is 76.5 cm³/mol. The van der Waals surface area contributed by atoms with E-state index in [4.69, 9.17) is 0 Å². The number of hydrogen-bond acceptors (Lipinski definition) is 4. The first-order valence-corrected chi connectivity index (χ1v) is 7.52. The number of rotatable bonds is 7. The molecule has 1 rings (SSSR count). The second-order valence-electron chi connectivity index (χ2n) is 5.63. The molecular weight excluding hydrogens is 274 g/mol. The van der Waals surface area contributed by atoms with Gasteiger partial charge in [-0.2, -0.15) is 0 Å². The van der Waals surface area contributed by atoms with Gasteiger partial charge in [0, 0.05) is 6.54 Å². The molecule has 1 fully saturated rings. The van der Waals surface area contributed by atoms with Crippen molar-refractivity contribution in [2.24, 2.45) is 17.8 Å². The summed E-state index contributed by atoms with van der Waals surface area (Å²) in [6, 6.07) is 0. The number of carboxylic acids is 1. The normalized spacial score (nSPS) is 24.6. The smallest absolute Gasteiger partial charge is 0.325 e. The molecule has 1 aliphatic carbocycles. The molecule has 0 heterocycles. The maximum absolute atomic E-state index is 12.6. The molecule has 0 aromatic rings. The topological polar surface area (TPSA) is 83.9 Å². The number of esters is 1. The van der Waals surface area contributed by atoms with Crippen LogP contribution < -0.4 is 0 Å². The van der Waals surface area contributed by atoms with E-state index >= 15 is 0 Å². The van der Waals surface area contributed by atoms with Crippen molar-refractivity contribution in [3.63, 3.8) is 0 Å². The first-order valence-electron chi connectivity index (χ1n) is 7.52. The Balaban J connectivity index is 2.85. The molecule has 0 saturated heterocycles. The zero-order valence-electron chi connectivity index (χ0n) is 13.0. The summed E-state index contributed by atoms with van der Waals surface area (Å²) in [5, 5.41) is 9.32. The fourth-order valence-corrected chi connectivity index (χ4v) is 3.01. The molecule has 0 radical (unpaired) electrons. The first kappa shape index (κ1) is 17.5. The van der Waals surface area contributed by atoms with Crippen molar-refractivity contribution < 1.29 is 24.2 Å². The maximum Gasteiger partial charge on any atom is 0.325 e. The molecule has 1 N–H and O–H groups in total. The van der Waals surface area contributed by atoms with Gasteiger partial charge in [0.05, 0.1) is 18.9 Å². The molecule has 6 nitrogen and oxygen atoms in total. The van der Waals surface area contributed by atoms with Crippen LogP contribution in [0.15, 0.2) is 0 Å². The summed E-state index contributed by atoms with van der Waals surface area (Å²) in [5.41, 5.74) is 0. The molecule has 1 unspecified atom stereocenters. The van der Waals surface area contributed by atoms with Crippen LogP contribution in [0, 0.1) is 17.8 Å². The lowest BCUT2D eigenvalue weighted by Crippen LogP contribution is -2.42. The van der Waals surface area contributed by atoms with E-state index in [1.807, 2.05) is 13.8 Å². The minimum atomic E-state index is -0.918. The van der Waals surface area contributed by atoms with Crippen molar-refractivity contribution in [2.75, 3.05) is 20.2 Å². The molecule has 120 valence electrons. The van der Waals surface area contributed by atoms with Gasteiger partial charge in [0.1, 0.15) is 6.54 Å². The van der Waals surface area contributed by atoms with Gasteiger partial charge in [-0.3, -0.25) is 14.4 Å². The Labute approximate surface area is 125 Å². The molecule has 0 spiro atoms. The lowest BCUT2D eigenvalue weighted by atomic mass is 9.94. The van der Waals surface area contributed by atoms with Crippen LogP contribution in [-0.2, 0) is 19.1 Å². The maximum atomic E-state index is 12.6. The number of carboxylic acid groups (broad SMARTS) is 1. The number of aliphatic carboxylic acids is 1. The standard InChI is InChI=1S/C15H25NO5/c1-4-6-16(9-13(17)21-3)14(18)11-7-10(5-2)8-12(11)15(19)20/h10-12H,4-9H2,1-3H3,(H,19,20)/t10?,11-,12+/m0/s1. The second-order valence-corrected chi connectivity index (χ2v) is 5.63. The van der Waals surface area contributed by atoms with E-state index in [1.165, 1.54) is 12.0 Å². The van der Waals surface area contributed by atoms with Crippen LogP contribution in [-0.4, -0.2) is 48.1 Å². The Kier molecular flexibility index (Phi) is 6.65. The Morgan fingerprint density at radius 1 is 1.19 bits per heavy atom. The minimum absolute atomic E-state index is 0.108. The summed E-state index contributed by atoms with van der Waals surface area (Å²) in [6.45, 7) is 4.25. The van der Waals surface area contributed by atoms with Crippen LogP contribution in [0.3, 0.4) is 0 Å². The molecule has 6 heteroatoms. The largest absolute Gasteiger partial charge is 0.481 e. The van der Waals surface area contributed by atoms with E-state index < -0.39 is 23.8 Å². The summed E-state index contributed by atoms with van der Waals surface area (Å²) in [7, 11) is 1.28. The quantitative estimate of drug-likeness (QED) is 0.721. The van der Waals surface area contributed by atoms with Crippen molar-refractivity contribution in [1.82, 2.24) is 4.90 Å². The zero-order chi connectivity index (χ0) is 16.0. The van der Waals surface area contributed by atoms with Gasteiger partial charge in [0.15, 0.2) is 0 Å². The molecule has 0 aromatic heterocycles. The fraction of sp³-hybridized carbons (Fsp3) is 0.800. The van der Waals surface area contributed by atoms with Crippen LogP contribution in [0.25, 0.3) is 0 Å². The van der Waals surface area contributed by atoms with Crippen molar-refractivity contribution in [2.45, 2.75) is 39.5 Å². The molecular formula is C15H25NO5. The highest BCUT2D eigenvalue weighted by Crippen LogP contribution is 2.39. The molecule has 1 amide bonds. The predicted octanol–water partition coefficient (Wildman–Crippen LogP) is 1.53. The SMILES string of the molecule is CCCN(CC(=O)OC)C(=O)[C@H]1CC(CC)C[C@H]1C(=O)O. The first-order chi connectivity index (χ1) is 9.94. The van der Waals surface area contributed by atoms with Crippen molar-refractivity contribution in [3.05, 3.63) is 0 Å². The third kappa shape index (κ3) is 4.44. The summed E-state index contributed by atoms with van der Waals surface area (Å²) < 4.78 is 4.61. The van der Waals surface area contributed by atoms with Gasteiger partial charge < -0.3 is 14.7 Å². The van der Waals surface area contributed by atoms with Crippen molar-refractivity contribution in [1.29, 1.82) is 0 Å². The Hall–Kier alpha value is -1.59. The van der Waals surface area contributed by atoms with Crippen molar-refractivity contribution in [3.8, 4) is 0 Å². The Bertz CT molecular complexity index is 396. The third-order valence-corrected chi connectivity index (χ3v) is 4.22. The van der Waals surface area contributed by atoms with E-state index in [2.05, 4.69) is 4.74 Å². The highest BCUT2D eigenvalue weighted by molar-refractivity contribution is 5.87. The van der Waals surface area contributed by atoms with E-state index in [9.17, 15) is 19.5 Å². The molecule has 0 aliphatic heterocycles. The molecule has 21 heavy (non-hydrogen) atoms. The van der Waals surface area contributed by atoms with E-state index in [0.29, 0.717) is 25.8 Å². The number of ether oxygens (including phenoxy) is 1. The Morgan fingerprint density at radius 3 is 2.29 bits per heavy atom. The average Bonchev–Trinajstić information content (AvgIpc) is 2.90. The fourth-order valence-electron chi connectivity index (χ4n) is 3.01. The minimum Gasteiger partial charge on any atom is -0.481 e. The van der Waals surface area contributed by atoms with Gasteiger partial charge in [0.2, 0.25) is 5.91 Å². The highest BCUT2D eigenvalue weighted by Gasteiger charge is 2.43. The van der Waals surface area contributed by atoms with E-state index in [1.54, 1.807) is 0 Å². The summed E-state index contributed by atoms with van der Waals surface area (Å²) in [5.74, 6) is -2.53. The van der Waals surface area contributed by atoms with Gasteiger partial charge in [-0.15, -0.1) is 0 Å². The molecule has 0 aromatic carbocycles. The number of carbonyl (C=O) groups excluding carboxylic acids is 2. The lowest BCUT2D eigenvalue weighted by molar-refractivity contribution is -0.152. The Morgan fingerprint density at radius 2 is 1.81 bits per heavy atom. The zero-order valence-corrected chi connectivity index (χ0v) is 13.0. The van der Waals surface area contributed by atoms with Crippen LogP contribution >= 0.6 is 0 Å². The molecule has 3 atom stereocenters. The summed E-state index contributed by atoms with van der Waals surface area (Å²) in [6.07, 6.45) is 2.72. The van der Waals surface area contributed by atoms with E-state index in [-0.39, 0.29) is 18.4 Å². The van der Waals surface area contributed by atoms with Gasteiger partial charge in [0.25, 0.3) is 0 Å². The van der Waals surface area contributed by atoms with Crippen LogP contribution in [0.2, 0.25) is 0 Å². The van der Waals surface area contributed by atoms with Gasteiger partial charge >= 0.3 is 11.9 Å². The highest BCUT2D eigenvalue weighted by atomic mass is 16.5. The second kappa shape index (κ2) is 8.00. The van der Waals surface area contributed by atoms with Crippen molar-refractivity contribution >= 4 is 17.8 Å². The number of hydrogen-bond donors (Lipinski definition) is 1. The summed E-state index contributed by atoms with van der Waals surface area (Å²) >= 11 is 0. The van der Waals surface area contributed by atoms with Gasteiger partial charge in [-0.1, -0.05) is 20.3 Å². The molecule has 1 aliphatic rings. The molecule has 1 saturated carbocycles. The van der Waals surface area contributed by atoms with Crippen LogP contribution in [0.4, 0.5) is 0 Å². The number of amides is 1. The van der Waals surface area contributed by atoms with E-state index in [0.717, 1.165) is 6.42 Å². The summed E-state index contributed by atoms with van der Waals surface area (Å²) in [4.78, 5) is 36.8. The van der Waals surface area contributed by atoms with Crippen LogP contribution in [0.1, 0.15) is 39.5 Å². The average molecular weight is 299 g/mol. The third-order valence-electron chi connectivity index (χ3n) is 4.22.